The molecule has 1 unspecified atom stereocenters. The van der Waals surface area contributed by atoms with Crippen molar-refractivity contribution in [1.82, 2.24) is 14.1 Å². The van der Waals surface area contributed by atoms with Crippen molar-refractivity contribution in [2.75, 3.05) is 0 Å². The molecule has 0 N–H and O–H groups in total. The zero-order valence-corrected chi connectivity index (χ0v) is 25.1. The van der Waals surface area contributed by atoms with Gasteiger partial charge in [0.05, 0.1) is 22.7 Å². The van der Waals surface area contributed by atoms with Gasteiger partial charge in [0.15, 0.2) is 0 Å². The molecule has 0 saturated heterocycles. The van der Waals surface area contributed by atoms with Crippen molar-refractivity contribution < 1.29 is 4.57 Å². The fraction of sp³-hybridized carbons (Fsp3) is 0.0476. The summed E-state index contributed by atoms with van der Waals surface area (Å²) in [6, 6.07) is 52.9. The molecule has 0 bridgehead atoms. The minimum Gasteiger partial charge on any atom is -0.280 e. The number of aromatic nitrogens is 4. The molecule has 1 aliphatic heterocycles. The summed E-state index contributed by atoms with van der Waals surface area (Å²) in [5.74, 6) is 2.96. The van der Waals surface area contributed by atoms with Crippen LogP contribution in [0.1, 0.15) is 18.1 Å². The Labute approximate surface area is 265 Å². The average Bonchev–Trinajstić information content (AvgIpc) is 3.73. The van der Waals surface area contributed by atoms with E-state index in [1.165, 1.54) is 54.8 Å². The van der Waals surface area contributed by atoms with Crippen molar-refractivity contribution in [2.24, 2.45) is 0 Å². The van der Waals surface area contributed by atoms with E-state index >= 15 is 0 Å². The highest BCUT2D eigenvalue weighted by molar-refractivity contribution is 6.13. The molecule has 9 aromatic rings. The van der Waals surface area contributed by atoms with Crippen molar-refractivity contribution in [1.29, 1.82) is 0 Å². The molecule has 6 aromatic carbocycles. The standard InChI is InChI=1S/C42H27N4/c1-42-33-19-9-5-15-27(33)31-23-24-32-30-18-8-12-22-36(30)45(40(32)39(31)42)38-25-37(43-41(46(38)42)26-13-3-2-4-14-26)44-34-20-10-6-16-28(34)29-17-7-11-21-35(29)44/h2-25H,1H3/q+1. The Bertz CT molecular complexity index is 2710. The number of para-hydroxylation sites is 3. The number of rotatable bonds is 2. The SMILES string of the molecule is CC12c3ccccc3-c3ccc4c5ccccc5n(c4c31)-c1cc(-n3c4ccccc4c4ccccc43)nc(-c3ccccc3)[n+]12. The number of hydrogen-bond acceptors (Lipinski definition) is 1. The van der Waals surface area contributed by atoms with Crippen molar-refractivity contribution in [3.05, 3.63) is 157 Å². The highest BCUT2D eigenvalue weighted by Crippen LogP contribution is 2.54. The third kappa shape index (κ3) is 2.77. The summed E-state index contributed by atoms with van der Waals surface area (Å²) in [7, 11) is 0. The highest BCUT2D eigenvalue weighted by atomic mass is 15.3. The molecule has 2 aliphatic rings. The van der Waals surface area contributed by atoms with Gasteiger partial charge in [0, 0.05) is 32.7 Å². The minimum atomic E-state index is -0.470. The van der Waals surface area contributed by atoms with Crippen molar-refractivity contribution in [3.63, 3.8) is 0 Å². The third-order valence-electron chi connectivity index (χ3n) is 10.5. The first kappa shape index (κ1) is 24.3. The van der Waals surface area contributed by atoms with Crippen LogP contribution in [0, 0.1) is 0 Å². The first-order valence-corrected chi connectivity index (χ1v) is 15.9. The van der Waals surface area contributed by atoms with Crippen LogP contribution in [0.3, 0.4) is 0 Å². The maximum Gasteiger partial charge on any atom is 0.273 e. The van der Waals surface area contributed by atoms with Crippen LogP contribution < -0.4 is 4.57 Å². The molecule has 1 aliphatic carbocycles. The quantitative estimate of drug-likeness (QED) is 0.185. The lowest BCUT2D eigenvalue weighted by Gasteiger charge is -2.34. The van der Waals surface area contributed by atoms with Crippen LogP contribution >= 0.6 is 0 Å². The fourth-order valence-electron chi connectivity index (χ4n) is 8.67. The maximum atomic E-state index is 5.65. The molecule has 0 fully saturated rings. The molecule has 214 valence electrons. The van der Waals surface area contributed by atoms with Gasteiger partial charge in [-0.3, -0.25) is 4.57 Å². The molecule has 4 heterocycles. The van der Waals surface area contributed by atoms with Crippen LogP contribution in [0.15, 0.2) is 146 Å². The number of fused-ring (bicyclic) bond motifs is 12. The lowest BCUT2D eigenvalue weighted by molar-refractivity contribution is -0.727. The van der Waals surface area contributed by atoms with E-state index in [9.17, 15) is 0 Å². The first-order chi connectivity index (χ1) is 22.7. The molecule has 0 spiro atoms. The molecular weight excluding hydrogens is 560 g/mol. The number of hydrogen-bond donors (Lipinski definition) is 0. The van der Waals surface area contributed by atoms with Crippen LogP contribution in [-0.2, 0) is 5.54 Å². The zero-order chi connectivity index (χ0) is 30.1. The predicted molar refractivity (Wildman–Crippen MR) is 186 cm³/mol. The Morgan fingerprint density at radius 2 is 1.13 bits per heavy atom. The van der Waals surface area contributed by atoms with E-state index in [1.807, 2.05) is 0 Å². The second-order valence-electron chi connectivity index (χ2n) is 12.7. The molecule has 1 atom stereocenters. The normalized spacial score (nSPS) is 16.0. The van der Waals surface area contributed by atoms with Crippen molar-refractivity contribution in [3.8, 4) is 34.2 Å². The lowest BCUT2D eigenvalue weighted by Crippen LogP contribution is -2.61. The van der Waals surface area contributed by atoms with Gasteiger partial charge in [0.2, 0.25) is 11.6 Å². The summed E-state index contributed by atoms with van der Waals surface area (Å²) >= 11 is 0. The van der Waals surface area contributed by atoms with Crippen LogP contribution in [0.4, 0.5) is 0 Å². The molecule has 0 saturated carbocycles. The zero-order valence-electron chi connectivity index (χ0n) is 25.1. The molecule has 0 radical (unpaired) electrons. The van der Waals surface area contributed by atoms with Gasteiger partial charge >= 0.3 is 0 Å². The predicted octanol–water partition coefficient (Wildman–Crippen LogP) is 9.34. The van der Waals surface area contributed by atoms with E-state index in [1.54, 1.807) is 0 Å². The van der Waals surface area contributed by atoms with Crippen LogP contribution in [0.25, 0.3) is 77.8 Å². The maximum absolute atomic E-state index is 5.65. The van der Waals surface area contributed by atoms with E-state index < -0.39 is 5.54 Å². The van der Waals surface area contributed by atoms with Crippen molar-refractivity contribution in [2.45, 2.75) is 12.5 Å². The van der Waals surface area contributed by atoms with E-state index in [0.717, 1.165) is 34.1 Å². The monoisotopic (exact) mass is 587 g/mol. The molecular formula is C42H27N4+. The number of benzene rings is 6. The largest absolute Gasteiger partial charge is 0.280 e. The van der Waals surface area contributed by atoms with Gasteiger partial charge < -0.3 is 0 Å². The van der Waals surface area contributed by atoms with Gasteiger partial charge in [-0.15, -0.1) is 0 Å². The molecule has 46 heavy (non-hydrogen) atoms. The average molecular weight is 588 g/mol. The van der Waals surface area contributed by atoms with E-state index in [4.69, 9.17) is 4.98 Å². The van der Waals surface area contributed by atoms with E-state index in [2.05, 4.69) is 166 Å². The molecule has 0 amide bonds. The summed E-state index contributed by atoms with van der Waals surface area (Å²) in [5.41, 5.74) is 10.7. The Kier molecular flexibility index (Phi) is 4.43. The summed E-state index contributed by atoms with van der Waals surface area (Å²) < 4.78 is 7.36. The van der Waals surface area contributed by atoms with Crippen LogP contribution in [0.2, 0.25) is 0 Å². The van der Waals surface area contributed by atoms with Gasteiger partial charge in [0.1, 0.15) is 16.6 Å². The van der Waals surface area contributed by atoms with Gasteiger partial charge in [-0.05, 0) is 48.4 Å². The van der Waals surface area contributed by atoms with E-state index in [-0.39, 0.29) is 0 Å². The highest BCUT2D eigenvalue weighted by Gasteiger charge is 2.52. The van der Waals surface area contributed by atoms with Gasteiger partial charge in [-0.2, -0.15) is 0 Å². The van der Waals surface area contributed by atoms with Gasteiger partial charge in [-0.25, -0.2) is 9.13 Å². The second-order valence-corrected chi connectivity index (χ2v) is 12.7. The lowest BCUT2D eigenvalue weighted by atomic mass is 9.86. The third-order valence-corrected chi connectivity index (χ3v) is 10.5. The van der Waals surface area contributed by atoms with Crippen molar-refractivity contribution >= 4 is 43.6 Å². The molecule has 11 rings (SSSR count). The van der Waals surface area contributed by atoms with E-state index in [0.29, 0.717) is 0 Å². The summed E-state index contributed by atoms with van der Waals surface area (Å²) in [4.78, 5) is 5.65. The fourth-order valence-corrected chi connectivity index (χ4v) is 8.67. The van der Waals surface area contributed by atoms with Crippen LogP contribution in [-0.4, -0.2) is 14.1 Å². The van der Waals surface area contributed by atoms with Crippen LogP contribution in [0.5, 0.6) is 0 Å². The molecule has 4 nitrogen and oxygen atoms in total. The Morgan fingerprint density at radius 3 is 1.85 bits per heavy atom. The molecule has 3 aromatic heterocycles. The summed E-state index contributed by atoms with van der Waals surface area (Å²) in [6.07, 6.45) is 0. The first-order valence-electron chi connectivity index (χ1n) is 15.9. The van der Waals surface area contributed by atoms with Gasteiger partial charge in [-0.1, -0.05) is 114 Å². The topological polar surface area (TPSA) is 26.6 Å². The Balaban J connectivity index is 1.39. The number of nitrogens with zero attached hydrogens (tertiary/aromatic N) is 4. The smallest absolute Gasteiger partial charge is 0.273 e. The second kappa shape index (κ2) is 8.38. The Morgan fingerprint density at radius 1 is 0.543 bits per heavy atom. The molecule has 4 heteroatoms. The summed E-state index contributed by atoms with van der Waals surface area (Å²) in [6.45, 7) is 2.40. The summed E-state index contributed by atoms with van der Waals surface area (Å²) in [5, 5.41) is 5.01. The Hall–Kier alpha value is -6.00. The van der Waals surface area contributed by atoms with Gasteiger partial charge in [0.25, 0.3) is 5.82 Å². The minimum absolute atomic E-state index is 0.470.